The van der Waals surface area contributed by atoms with Crippen LogP contribution in [0.2, 0.25) is 10.0 Å². The summed E-state index contributed by atoms with van der Waals surface area (Å²) in [7, 11) is 0. The predicted octanol–water partition coefficient (Wildman–Crippen LogP) is 25.0. The van der Waals surface area contributed by atoms with Crippen LogP contribution < -0.4 is 26.2 Å². The molecule has 13 rings (SSSR count). The van der Waals surface area contributed by atoms with E-state index in [-0.39, 0.29) is 50.0 Å². The summed E-state index contributed by atoms with van der Waals surface area (Å²) < 4.78 is 0. The molecule has 9 heteroatoms. The van der Waals surface area contributed by atoms with Crippen LogP contribution in [0.15, 0.2) is 188 Å². The number of pyridine rings is 4. The molecule has 4 aromatic heterocycles. The van der Waals surface area contributed by atoms with Gasteiger partial charge in [-0.2, -0.15) is 0 Å². The fraction of sp³-hybridized carbons (Fsp3) is 0.340. The summed E-state index contributed by atoms with van der Waals surface area (Å²) in [4.78, 5) is 27.3. The molecule has 0 saturated carbocycles. The van der Waals surface area contributed by atoms with E-state index in [1.54, 1.807) is 0 Å². The van der Waals surface area contributed by atoms with Crippen LogP contribution in [-0.2, 0) is 43.3 Å². The number of halogens is 2. The third kappa shape index (κ3) is 14.1. The van der Waals surface area contributed by atoms with Crippen molar-refractivity contribution < 1.29 is 0 Å². The van der Waals surface area contributed by atoms with Crippen molar-refractivity contribution >= 4 is 80.4 Å². The minimum atomic E-state index is -0.293. The molecule has 11 aromatic rings. The molecule has 0 atom stereocenters. The van der Waals surface area contributed by atoms with Gasteiger partial charge in [0, 0.05) is 144 Å². The molecule has 103 heavy (non-hydrogen) atoms. The number of benzene rings is 7. The predicted molar refractivity (Wildman–Crippen MR) is 444 cm³/mol. The maximum Gasteiger partial charge on any atom is 0.252 e. The highest BCUT2D eigenvalue weighted by molar-refractivity contribution is 7.00. The summed E-state index contributed by atoms with van der Waals surface area (Å²) in [5.74, 6) is 0. The quantitative estimate of drug-likeness (QED) is 0.141. The number of nitrogens with zero attached hydrogens (tertiary/aromatic N) is 6. The second-order valence-electron chi connectivity index (χ2n) is 37.3. The Morgan fingerprint density at radius 3 is 0.777 bits per heavy atom. The molecule has 6 nitrogen and oxygen atoms in total. The van der Waals surface area contributed by atoms with Gasteiger partial charge in [0.15, 0.2) is 0 Å². The second-order valence-corrected chi connectivity index (χ2v) is 38.2. The summed E-state index contributed by atoms with van der Waals surface area (Å²) in [6.07, 6.45) is 0. The van der Waals surface area contributed by atoms with Gasteiger partial charge < -0.3 is 9.80 Å². The van der Waals surface area contributed by atoms with E-state index in [0.717, 1.165) is 157 Å². The van der Waals surface area contributed by atoms with Crippen molar-refractivity contribution in [2.45, 2.75) is 209 Å². The summed E-state index contributed by atoms with van der Waals surface area (Å²) in [6.45, 7) is 54.4. The van der Waals surface area contributed by atoms with E-state index in [4.69, 9.17) is 43.1 Å². The molecule has 2 aliphatic rings. The van der Waals surface area contributed by atoms with Crippen LogP contribution in [-0.4, -0.2) is 26.6 Å². The lowest BCUT2D eigenvalue weighted by Gasteiger charge is -2.46. The zero-order valence-electron chi connectivity index (χ0n) is 65.4. The zero-order chi connectivity index (χ0) is 74.4. The lowest BCUT2D eigenvalue weighted by Crippen LogP contribution is -2.61. The van der Waals surface area contributed by atoms with E-state index < -0.39 is 0 Å². The molecule has 0 amide bonds. The normalized spacial score (nSPS) is 13.7. The number of para-hydroxylation sites is 2. The fourth-order valence-corrected chi connectivity index (χ4v) is 14.7. The lowest BCUT2D eigenvalue weighted by molar-refractivity contribution is 0.531. The fourth-order valence-electron chi connectivity index (χ4n) is 14.4. The first-order valence-corrected chi connectivity index (χ1v) is 37.6. The van der Waals surface area contributed by atoms with Crippen LogP contribution >= 0.6 is 23.2 Å². The number of hydrogen-bond acceptors (Lipinski definition) is 6. The van der Waals surface area contributed by atoms with E-state index in [1.165, 1.54) is 5.46 Å². The molecule has 0 saturated heterocycles. The molecule has 0 unspecified atom stereocenters. The number of aromatic nitrogens is 4. The van der Waals surface area contributed by atoms with E-state index in [9.17, 15) is 0 Å². The molecular formula is C94H103BCl2N6. The smallest absolute Gasteiger partial charge is 0.252 e. The van der Waals surface area contributed by atoms with E-state index in [1.807, 2.05) is 12.1 Å². The van der Waals surface area contributed by atoms with Gasteiger partial charge in [0.25, 0.3) is 6.71 Å². The molecule has 526 valence electrons. The largest absolute Gasteiger partial charge is 0.310 e. The van der Waals surface area contributed by atoms with Crippen LogP contribution in [0.25, 0.3) is 66.8 Å². The standard InChI is InChI=1S/C94H103BCl2N6/c1-87(2,3)76-46-60(47-77(98-76)88(4,5)6)66-32-28-33-67(61-48-78(89(7,8)9)99-79(49-61)90(10,11)12)85(66)102-72-44-58(56-30-26-25-27-31-56)38-42-70(72)95-71-43-39-59(57-36-40-64(96)41-37-57)45-73(71)103(75-55-65(97)54-74(102)84(75)95)86-68(62-50-80(91(13,14)15)100-81(51-62)92(16,17)18)34-29-35-69(86)63-52-82(93(19,20)21)101-83(53-63)94(22,23)24/h25-55H,1-24H3. The Balaban J connectivity index is 1.25. The van der Waals surface area contributed by atoms with Crippen molar-refractivity contribution in [2.24, 2.45) is 0 Å². The average Bonchev–Trinajstić information content (AvgIpc) is 0.688. The summed E-state index contributed by atoms with van der Waals surface area (Å²) >= 11 is 15.0. The van der Waals surface area contributed by atoms with Gasteiger partial charge in [-0.25, -0.2) is 0 Å². The molecular weight excluding hydrogens is 1290 g/mol. The van der Waals surface area contributed by atoms with Crippen molar-refractivity contribution in [3.63, 3.8) is 0 Å². The Morgan fingerprint density at radius 2 is 0.505 bits per heavy atom. The maximum absolute atomic E-state index is 8.26. The maximum atomic E-state index is 8.26. The first-order valence-electron chi connectivity index (χ1n) is 36.8. The van der Waals surface area contributed by atoms with E-state index in [2.05, 4.69) is 352 Å². The monoisotopic (exact) mass is 1400 g/mol. The Morgan fingerprint density at radius 1 is 0.243 bits per heavy atom. The van der Waals surface area contributed by atoms with Crippen LogP contribution in [0, 0.1) is 0 Å². The van der Waals surface area contributed by atoms with Crippen LogP contribution in [0.4, 0.5) is 34.1 Å². The highest BCUT2D eigenvalue weighted by atomic mass is 35.5. The molecule has 0 radical (unpaired) electrons. The minimum Gasteiger partial charge on any atom is -0.310 e. The van der Waals surface area contributed by atoms with Gasteiger partial charge in [-0.3, -0.25) is 19.9 Å². The van der Waals surface area contributed by atoms with Gasteiger partial charge in [0.05, 0.1) is 11.4 Å². The number of fused-ring (bicyclic) bond motifs is 4. The molecule has 0 aliphatic carbocycles. The zero-order valence-corrected chi connectivity index (χ0v) is 66.9. The highest BCUT2D eigenvalue weighted by Gasteiger charge is 2.46. The lowest BCUT2D eigenvalue weighted by atomic mass is 9.33. The molecule has 0 bridgehead atoms. The van der Waals surface area contributed by atoms with Crippen molar-refractivity contribution in [3.8, 4) is 66.8 Å². The van der Waals surface area contributed by atoms with Crippen LogP contribution in [0.3, 0.4) is 0 Å². The number of rotatable bonds is 8. The number of anilines is 6. The van der Waals surface area contributed by atoms with Crippen LogP contribution in [0.5, 0.6) is 0 Å². The second kappa shape index (κ2) is 25.6. The van der Waals surface area contributed by atoms with Gasteiger partial charge in [0.1, 0.15) is 0 Å². The van der Waals surface area contributed by atoms with Gasteiger partial charge in [-0.1, -0.05) is 292 Å². The van der Waals surface area contributed by atoms with Gasteiger partial charge in [0.2, 0.25) is 0 Å². The molecule has 0 N–H and O–H groups in total. The van der Waals surface area contributed by atoms with Crippen molar-refractivity contribution in [1.29, 1.82) is 0 Å². The average molecular weight is 1400 g/mol. The molecule has 7 aromatic carbocycles. The van der Waals surface area contributed by atoms with Crippen LogP contribution in [0.1, 0.15) is 212 Å². The highest BCUT2D eigenvalue weighted by Crippen LogP contribution is 2.55. The molecule has 6 heterocycles. The molecule has 0 fully saturated rings. The Hall–Kier alpha value is -8.62. The Labute approximate surface area is 625 Å². The first kappa shape index (κ1) is 72.7. The third-order valence-corrected chi connectivity index (χ3v) is 21.0. The Kier molecular flexibility index (Phi) is 18.1. The van der Waals surface area contributed by atoms with E-state index >= 15 is 0 Å². The van der Waals surface area contributed by atoms with Crippen molar-refractivity contribution in [1.82, 2.24) is 19.9 Å². The number of hydrogen-bond donors (Lipinski definition) is 0. The third-order valence-electron chi connectivity index (χ3n) is 20.5. The minimum absolute atomic E-state index is 0.277. The first-order chi connectivity index (χ1) is 47.9. The summed E-state index contributed by atoms with van der Waals surface area (Å²) in [5, 5.41) is 1.29. The summed E-state index contributed by atoms with van der Waals surface area (Å²) in [5.41, 5.74) is 28.6. The SMILES string of the molecule is CC(C)(C)c1cc(-c2cccc(-c3cc(C(C)(C)C)nc(C(C)(C)C)c3)c2N2c3cc(-c4ccccc4)ccc3B3c4ccc(-c5ccc(Cl)cc5)cc4N(c4c(-c5cc(C(C)(C)C)nc(C(C)(C)C)c5)cccc4-c4cc(C(C)(C)C)nc(C(C)(C)C)c4)c4cc(Cl)cc2c43)cc(C(C)(C)C)n1. The summed E-state index contributed by atoms with van der Waals surface area (Å²) in [6, 6.07) is 70.7. The van der Waals surface area contributed by atoms with Gasteiger partial charge >= 0.3 is 0 Å². The van der Waals surface area contributed by atoms with Crippen molar-refractivity contribution in [3.05, 3.63) is 244 Å². The topological polar surface area (TPSA) is 58.0 Å². The Bertz CT molecular complexity index is 4830. The molecule has 2 aliphatic heterocycles. The van der Waals surface area contributed by atoms with E-state index in [0.29, 0.717) is 10.0 Å². The van der Waals surface area contributed by atoms with Gasteiger partial charge in [-0.15, -0.1) is 0 Å². The van der Waals surface area contributed by atoms with Gasteiger partial charge in [-0.05, 0) is 146 Å². The molecule has 0 spiro atoms. The van der Waals surface area contributed by atoms with Crippen molar-refractivity contribution in [2.75, 3.05) is 9.80 Å².